The van der Waals surface area contributed by atoms with E-state index in [4.69, 9.17) is 4.74 Å². The lowest BCUT2D eigenvalue weighted by molar-refractivity contribution is 0.155. The van der Waals surface area contributed by atoms with Gasteiger partial charge in [-0.25, -0.2) is 4.79 Å². The van der Waals surface area contributed by atoms with Gasteiger partial charge in [-0.1, -0.05) is 44.2 Å². The Morgan fingerprint density at radius 1 is 1.33 bits per heavy atom. The van der Waals surface area contributed by atoms with E-state index in [0.717, 1.165) is 17.7 Å². The van der Waals surface area contributed by atoms with Gasteiger partial charge < -0.3 is 4.74 Å². The van der Waals surface area contributed by atoms with Gasteiger partial charge in [-0.2, -0.15) is 5.10 Å². The van der Waals surface area contributed by atoms with Crippen LogP contribution in [0.15, 0.2) is 36.5 Å². The summed E-state index contributed by atoms with van der Waals surface area (Å²) in [7, 11) is 1.87. The maximum atomic E-state index is 11.9. The third-order valence-corrected chi connectivity index (χ3v) is 3.11. The summed E-state index contributed by atoms with van der Waals surface area (Å²) in [6.45, 7) is 4.52. The smallest absolute Gasteiger partial charge is 0.412 e. The van der Waals surface area contributed by atoms with Gasteiger partial charge in [0.15, 0.2) is 0 Å². The van der Waals surface area contributed by atoms with E-state index in [0.29, 0.717) is 11.6 Å². The Kier molecular flexibility index (Phi) is 4.98. The van der Waals surface area contributed by atoms with E-state index in [2.05, 4.69) is 24.3 Å². The first-order valence-electron chi connectivity index (χ1n) is 7.05. The number of nitrogens with one attached hydrogen (secondary N) is 1. The van der Waals surface area contributed by atoms with Gasteiger partial charge in [0, 0.05) is 7.05 Å². The number of rotatable bonds is 5. The van der Waals surface area contributed by atoms with Gasteiger partial charge in [-0.15, -0.1) is 0 Å². The lowest BCUT2D eigenvalue weighted by Gasteiger charge is -2.10. The van der Waals surface area contributed by atoms with Crippen LogP contribution in [0.4, 0.5) is 10.5 Å². The van der Waals surface area contributed by atoms with Crippen molar-refractivity contribution in [3.63, 3.8) is 0 Å². The lowest BCUT2D eigenvalue weighted by atomic mass is 10.1. The molecule has 0 spiro atoms. The molecular weight excluding hydrogens is 266 g/mol. The highest BCUT2D eigenvalue weighted by Crippen LogP contribution is 2.18. The monoisotopic (exact) mass is 287 g/mol. The van der Waals surface area contributed by atoms with Crippen LogP contribution < -0.4 is 5.32 Å². The third-order valence-electron chi connectivity index (χ3n) is 3.11. The largest absolute Gasteiger partial charge is 0.444 e. The average molecular weight is 287 g/mol. The summed E-state index contributed by atoms with van der Waals surface area (Å²) < 4.78 is 7.00. The van der Waals surface area contributed by atoms with E-state index in [1.807, 2.05) is 37.4 Å². The zero-order valence-electron chi connectivity index (χ0n) is 12.7. The number of aryl methyl sites for hydroxylation is 1. The second-order valence-corrected chi connectivity index (χ2v) is 5.41. The molecule has 0 saturated carbocycles. The predicted molar refractivity (Wildman–Crippen MR) is 82.0 cm³/mol. The van der Waals surface area contributed by atoms with Crippen molar-refractivity contribution < 1.29 is 9.53 Å². The molecule has 0 atom stereocenters. The minimum absolute atomic E-state index is 0.256. The minimum atomic E-state index is -0.461. The number of nitrogens with zero attached hydrogens (tertiary/aromatic N) is 2. The first kappa shape index (κ1) is 15.1. The van der Waals surface area contributed by atoms with Crippen molar-refractivity contribution in [3.8, 4) is 0 Å². The van der Waals surface area contributed by atoms with Crippen LogP contribution in [0.25, 0.3) is 0 Å². The predicted octanol–water partition coefficient (Wildman–Crippen LogP) is 3.37. The Morgan fingerprint density at radius 3 is 2.71 bits per heavy atom. The zero-order valence-corrected chi connectivity index (χ0v) is 12.7. The average Bonchev–Trinajstić information content (AvgIpc) is 2.79. The number of amides is 1. The SMILES string of the molecule is CC(C)Cc1c(NC(=O)OCc2ccccc2)cnn1C. The Hall–Kier alpha value is -2.30. The highest BCUT2D eigenvalue weighted by atomic mass is 16.5. The number of aromatic nitrogens is 2. The maximum absolute atomic E-state index is 11.9. The molecule has 5 heteroatoms. The Bertz CT molecular complexity index is 591. The first-order chi connectivity index (χ1) is 10.1. The molecule has 1 amide bonds. The van der Waals surface area contributed by atoms with Crippen LogP contribution in [0.2, 0.25) is 0 Å². The lowest BCUT2D eigenvalue weighted by Crippen LogP contribution is -2.15. The van der Waals surface area contributed by atoms with Crippen molar-refractivity contribution in [2.45, 2.75) is 26.9 Å². The second kappa shape index (κ2) is 6.92. The van der Waals surface area contributed by atoms with Gasteiger partial charge in [-0.05, 0) is 17.9 Å². The molecule has 0 aliphatic rings. The minimum Gasteiger partial charge on any atom is -0.444 e. The number of carbonyl (C=O) groups excluding carboxylic acids is 1. The Labute approximate surface area is 124 Å². The molecule has 0 bridgehead atoms. The van der Waals surface area contributed by atoms with Gasteiger partial charge in [0.1, 0.15) is 6.61 Å². The fourth-order valence-corrected chi connectivity index (χ4v) is 2.07. The van der Waals surface area contributed by atoms with E-state index in [1.165, 1.54) is 0 Å². The summed E-state index contributed by atoms with van der Waals surface area (Å²) in [5.74, 6) is 0.487. The van der Waals surface area contributed by atoms with Gasteiger partial charge in [-0.3, -0.25) is 10.00 Å². The molecule has 1 N–H and O–H groups in total. The topological polar surface area (TPSA) is 56.1 Å². The fourth-order valence-electron chi connectivity index (χ4n) is 2.07. The molecule has 1 aromatic heterocycles. The quantitative estimate of drug-likeness (QED) is 0.917. The molecule has 0 aliphatic carbocycles. The zero-order chi connectivity index (χ0) is 15.2. The first-order valence-corrected chi connectivity index (χ1v) is 7.05. The maximum Gasteiger partial charge on any atom is 0.412 e. The molecule has 21 heavy (non-hydrogen) atoms. The highest BCUT2D eigenvalue weighted by Gasteiger charge is 2.13. The number of hydrogen-bond donors (Lipinski definition) is 1. The summed E-state index contributed by atoms with van der Waals surface area (Å²) in [5.41, 5.74) is 2.67. The molecule has 112 valence electrons. The van der Waals surface area contributed by atoms with Crippen molar-refractivity contribution in [1.82, 2.24) is 9.78 Å². The van der Waals surface area contributed by atoms with Gasteiger partial charge in [0.25, 0.3) is 0 Å². The van der Waals surface area contributed by atoms with Crippen LogP contribution in [0.5, 0.6) is 0 Å². The van der Waals surface area contributed by atoms with Crippen LogP contribution in [0, 0.1) is 5.92 Å². The van der Waals surface area contributed by atoms with Crippen LogP contribution in [0.3, 0.4) is 0 Å². The van der Waals surface area contributed by atoms with Gasteiger partial charge >= 0.3 is 6.09 Å². The number of carbonyl (C=O) groups is 1. The molecule has 1 heterocycles. The molecule has 2 aromatic rings. The standard InChI is InChI=1S/C16H21N3O2/c1-12(2)9-15-14(10-17-19(15)3)18-16(20)21-11-13-7-5-4-6-8-13/h4-8,10,12H,9,11H2,1-3H3,(H,18,20). The summed E-state index contributed by atoms with van der Waals surface area (Å²) in [4.78, 5) is 11.9. The van der Waals surface area contributed by atoms with Crippen LogP contribution in [-0.4, -0.2) is 15.9 Å². The van der Waals surface area contributed by atoms with Crippen molar-refractivity contribution in [1.29, 1.82) is 0 Å². The summed E-state index contributed by atoms with van der Waals surface area (Å²) >= 11 is 0. The normalized spacial score (nSPS) is 10.7. The Balaban J connectivity index is 1.94. The molecule has 2 rings (SSSR count). The fraction of sp³-hybridized carbons (Fsp3) is 0.375. The molecule has 0 radical (unpaired) electrons. The number of anilines is 1. The molecular formula is C16H21N3O2. The molecule has 5 nitrogen and oxygen atoms in total. The second-order valence-electron chi connectivity index (χ2n) is 5.41. The van der Waals surface area contributed by atoms with Crippen molar-refractivity contribution in [2.24, 2.45) is 13.0 Å². The van der Waals surface area contributed by atoms with Crippen molar-refractivity contribution in [2.75, 3.05) is 5.32 Å². The van der Waals surface area contributed by atoms with Crippen LogP contribution in [-0.2, 0) is 24.8 Å². The van der Waals surface area contributed by atoms with E-state index in [-0.39, 0.29) is 6.61 Å². The number of benzene rings is 1. The van der Waals surface area contributed by atoms with E-state index < -0.39 is 6.09 Å². The summed E-state index contributed by atoms with van der Waals surface area (Å²) in [6.07, 6.45) is 2.04. The van der Waals surface area contributed by atoms with E-state index >= 15 is 0 Å². The molecule has 0 aliphatic heterocycles. The molecule has 1 aromatic carbocycles. The summed E-state index contributed by atoms with van der Waals surface area (Å²) in [5, 5.41) is 6.95. The molecule has 0 unspecified atom stereocenters. The Morgan fingerprint density at radius 2 is 2.05 bits per heavy atom. The summed E-state index contributed by atoms with van der Waals surface area (Å²) in [6, 6.07) is 9.59. The third kappa shape index (κ3) is 4.34. The number of hydrogen-bond acceptors (Lipinski definition) is 3. The van der Waals surface area contributed by atoms with Crippen LogP contribution >= 0.6 is 0 Å². The van der Waals surface area contributed by atoms with E-state index in [9.17, 15) is 4.79 Å². The van der Waals surface area contributed by atoms with Crippen LogP contribution in [0.1, 0.15) is 25.1 Å². The van der Waals surface area contributed by atoms with E-state index in [1.54, 1.807) is 10.9 Å². The highest BCUT2D eigenvalue weighted by molar-refractivity contribution is 5.85. The molecule has 0 saturated heterocycles. The van der Waals surface area contributed by atoms with Gasteiger partial charge in [0.05, 0.1) is 17.6 Å². The van der Waals surface area contributed by atoms with Crippen molar-refractivity contribution >= 4 is 11.8 Å². The van der Waals surface area contributed by atoms with Gasteiger partial charge in [0.2, 0.25) is 0 Å². The molecule has 0 fully saturated rings. The van der Waals surface area contributed by atoms with Crippen molar-refractivity contribution in [3.05, 3.63) is 47.8 Å². The number of ether oxygens (including phenoxy) is 1.